The second kappa shape index (κ2) is 6.86. The number of rotatable bonds is 6. The smallest absolute Gasteiger partial charge is 0.234 e. The van der Waals surface area contributed by atoms with Crippen molar-refractivity contribution in [3.8, 4) is 0 Å². The lowest BCUT2D eigenvalue weighted by atomic mass is 10.2. The SMILES string of the molecule is CCC(C)NC(=O)CN1CCCC1CNC. The molecule has 4 heteroatoms. The molecule has 0 bridgehead atoms. The molecule has 1 heterocycles. The van der Waals surface area contributed by atoms with Gasteiger partial charge in [0.2, 0.25) is 5.91 Å². The first-order chi connectivity index (χ1) is 7.67. The predicted molar refractivity (Wildman–Crippen MR) is 66.4 cm³/mol. The summed E-state index contributed by atoms with van der Waals surface area (Å²) in [5.74, 6) is 0.164. The number of likely N-dealkylation sites (tertiary alicyclic amines) is 1. The van der Waals surface area contributed by atoms with Gasteiger partial charge >= 0.3 is 0 Å². The summed E-state index contributed by atoms with van der Waals surface area (Å²) in [5.41, 5.74) is 0. The monoisotopic (exact) mass is 227 g/mol. The van der Waals surface area contributed by atoms with Crippen LogP contribution in [0.2, 0.25) is 0 Å². The van der Waals surface area contributed by atoms with Crippen LogP contribution in [0.1, 0.15) is 33.1 Å². The topological polar surface area (TPSA) is 44.4 Å². The minimum absolute atomic E-state index is 0.164. The maximum Gasteiger partial charge on any atom is 0.234 e. The molecular weight excluding hydrogens is 202 g/mol. The molecule has 94 valence electrons. The molecule has 0 aliphatic carbocycles. The van der Waals surface area contributed by atoms with Crippen molar-refractivity contribution in [3.05, 3.63) is 0 Å². The Hall–Kier alpha value is -0.610. The minimum Gasteiger partial charge on any atom is -0.353 e. The van der Waals surface area contributed by atoms with Crippen LogP contribution in [-0.2, 0) is 4.79 Å². The van der Waals surface area contributed by atoms with Crippen LogP contribution in [0, 0.1) is 0 Å². The third-order valence-electron chi connectivity index (χ3n) is 3.31. The van der Waals surface area contributed by atoms with E-state index in [1.807, 2.05) is 14.0 Å². The molecule has 1 amide bonds. The van der Waals surface area contributed by atoms with Gasteiger partial charge in [0, 0.05) is 18.6 Å². The average Bonchev–Trinajstić information content (AvgIpc) is 2.66. The van der Waals surface area contributed by atoms with Crippen LogP contribution in [-0.4, -0.2) is 49.6 Å². The molecule has 1 fully saturated rings. The predicted octanol–water partition coefficient (Wildman–Crippen LogP) is 0.585. The first kappa shape index (κ1) is 13.5. The number of amides is 1. The zero-order chi connectivity index (χ0) is 12.0. The molecule has 0 aromatic heterocycles. The van der Waals surface area contributed by atoms with Gasteiger partial charge in [0.25, 0.3) is 0 Å². The summed E-state index contributed by atoms with van der Waals surface area (Å²) in [6.45, 7) is 6.73. The van der Waals surface area contributed by atoms with Crippen LogP contribution >= 0.6 is 0 Å². The quantitative estimate of drug-likeness (QED) is 0.698. The van der Waals surface area contributed by atoms with E-state index in [4.69, 9.17) is 0 Å². The van der Waals surface area contributed by atoms with Gasteiger partial charge in [0.05, 0.1) is 6.54 Å². The van der Waals surface area contributed by atoms with E-state index in [-0.39, 0.29) is 11.9 Å². The molecule has 0 spiro atoms. The van der Waals surface area contributed by atoms with Crippen molar-refractivity contribution in [2.24, 2.45) is 0 Å². The van der Waals surface area contributed by atoms with Gasteiger partial charge < -0.3 is 10.6 Å². The van der Waals surface area contributed by atoms with E-state index in [1.54, 1.807) is 0 Å². The minimum atomic E-state index is 0.164. The summed E-state index contributed by atoms with van der Waals surface area (Å²) < 4.78 is 0. The lowest BCUT2D eigenvalue weighted by molar-refractivity contribution is -0.123. The van der Waals surface area contributed by atoms with E-state index >= 15 is 0 Å². The highest BCUT2D eigenvalue weighted by Crippen LogP contribution is 2.15. The lowest BCUT2D eigenvalue weighted by Crippen LogP contribution is -2.45. The number of likely N-dealkylation sites (N-methyl/N-ethyl adjacent to an activating group) is 1. The molecule has 0 radical (unpaired) electrons. The second-order valence-electron chi connectivity index (χ2n) is 4.70. The number of hydrogen-bond donors (Lipinski definition) is 2. The fourth-order valence-corrected chi connectivity index (χ4v) is 2.18. The van der Waals surface area contributed by atoms with Crippen molar-refractivity contribution in [1.29, 1.82) is 0 Å². The molecule has 1 aliphatic rings. The summed E-state index contributed by atoms with van der Waals surface area (Å²) in [4.78, 5) is 14.0. The van der Waals surface area contributed by atoms with Crippen LogP contribution in [0.15, 0.2) is 0 Å². The molecule has 0 aromatic carbocycles. The lowest BCUT2D eigenvalue weighted by Gasteiger charge is -2.24. The molecule has 0 saturated carbocycles. The first-order valence-electron chi connectivity index (χ1n) is 6.35. The molecule has 0 aromatic rings. The average molecular weight is 227 g/mol. The van der Waals surface area contributed by atoms with Gasteiger partial charge in [-0.25, -0.2) is 0 Å². The molecule has 1 aliphatic heterocycles. The van der Waals surface area contributed by atoms with Crippen LogP contribution in [0.4, 0.5) is 0 Å². The van der Waals surface area contributed by atoms with Gasteiger partial charge in [-0.05, 0) is 39.8 Å². The Kier molecular flexibility index (Phi) is 5.77. The Morgan fingerprint density at radius 2 is 2.31 bits per heavy atom. The van der Waals surface area contributed by atoms with Crippen molar-refractivity contribution in [2.45, 2.75) is 45.2 Å². The molecule has 2 unspecified atom stereocenters. The number of nitrogens with one attached hydrogen (secondary N) is 2. The molecular formula is C12H25N3O. The van der Waals surface area contributed by atoms with Gasteiger partial charge in [-0.2, -0.15) is 0 Å². The van der Waals surface area contributed by atoms with Crippen molar-refractivity contribution in [2.75, 3.05) is 26.7 Å². The highest BCUT2D eigenvalue weighted by Gasteiger charge is 2.25. The molecule has 4 nitrogen and oxygen atoms in total. The van der Waals surface area contributed by atoms with Crippen LogP contribution in [0.25, 0.3) is 0 Å². The van der Waals surface area contributed by atoms with E-state index in [1.165, 1.54) is 12.8 Å². The Morgan fingerprint density at radius 3 is 2.94 bits per heavy atom. The zero-order valence-corrected chi connectivity index (χ0v) is 10.8. The number of nitrogens with zero attached hydrogens (tertiary/aromatic N) is 1. The second-order valence-corrected chi connectivity index (χ2v) is 4.70. The Balaban J connectivity index is 2.32. The van der Waals surface area contributed by atoms with Crippen molar-refractivity contribution < 1.29 is 4.79 Å². The standard InChI is InChI=1S/C12H25N3O/c1-4-10(2)14-12(16)9-15-7-5-6-11(15)8-13-3/h10-11,13H,4-9H2,1-3H3,(H,14,16). The van der Waals surface area contributed by atoms with Gasteiger partial charge in [-0.1, -0.05) is 6.92 Å². The van der Waals surface area contributed by atoms with Gasteiger partial charge in [-0.15, -0.1) is 0 Å². The maximum absolute atomic E-state index is 11.7. The van der Waals surface area contributed by atoms with Crippen LogP contribution < -0.4 is 10.6 Å². The largest absolute Gasteiger partial charge is 0.353 e. The van der Waals surface area contributed by atoms with E-state index in [9.17, 15) is 4.79 Å². The normalized spacial score (nSPS) is 23.3. The number of carbonyl (C=O) groups excluding carboxylic acids is 1. The maximum atomic E-state index is 11.7. The third kappa shape index (κ3) is 4.10. The van der Waals surface area contributed by atoms with Gasteiger partial charge in [0.15, 0.2) is 0 Å². The summed E-state index contributed by atoms with van der Waals surface area (Å²) in [7, 11) is 1.97. The van der Waals surface area contributed by atoms with E-state index in [0.717, 1.165) is 19.5 Å². The Morgan fingerprint density at radius 1 is 1.56 bits per heavy atom. The van der Waals surface area contributed by atoms with Gasteiger partial charge in [-0.3, -0.25) is 9.69 Å². The van der Waals surface area contributed by atoms with E-state index in [2.05, 4.69) is 22.5 Å². The fraction of sp³-hybridized carbons (Fsp3) is 0.917. The molecule has 2 atom stereocenters. The van der Waals surface area contributed by atoms with E-state index in [0.29, 0.717) is 12.6 Å². The highest BCUT2D eigenvalue weighted by molar-refractivity contribution is 5.78. The summed E-state index contributed by atoms with van der Waals surface area (Å²) in [5, 5.41) is 6.21. The molecule has 2 N–H and O–H groups in total. The fourth-order valence-electron chi connectivity index (χ4n) is 2.18. The first-order valence-corrected chi connectivity index (χ1v) is 6.35. The summed E-state index contributed by atoms with van der Waals surface area (Å²) in [6, 6.07) is 0.825. The Labute approximate surface area is 98.8 Å². The number of hydrogen-bond acceptors (Lipinski definition) is 3. The summed E-state index contributed by atoms with van der Waals surface area (Å²) in [6.07, 6.45) is 3.41. The molecule has 1 saturated heterocycles. The number of carbonyl (C=O) groups is 1. The van der Waals surface area contributed by atoms with E-state index < -0.39 is 0 Å². The Bertz CT molecular complexity index is 220. The van der Waals surface area contributed by atoms with Crippen molar-refractivity contribution in [3.63, 3.8) is 0 Å². The van der Waals surface area contributed by atoms with Crippen molar-refractivity contribution >= 4 is 5.91 Å². The molecule has 16 heavy (non-hydrogen) atoms. The molecule has 1 rings (SSSR count). The van der Waals surface area contributed by atoms with Crippen LogP contribution in [0.5, 0.6) is 0 Å². The van der Waals surface area contributed by atoms with Crippen LogP contribution in [0.3, 0.4) is 0 Å². The van der Waals surface area contributed by atoms with Gasteiger partial charge in [0.1, 0.15) is 0 Å². The zero-order valence-electron chi connectivity index (χ0n) is 10.8. The summed E-state index contributed by atoms with van der Waals surface area (Å²) >= 11 is 0. The third-order valence-corrected chi connectivity index (χ3v) is 3.31. The van der Waals surface area contributed by atoms with Crippen molar-refractivity contribution in [1.82, 2.24) is 15.5 Å². The highest BCUT2D eigenvalue weighted by atomic mass is 16.2.